The van der Waals surface area contributed by atoms with Crippen molar-refractivity contribution < 1.29 is 19.1 Å². The van der Waals surface area contributed by atoms with E-state index in [4.69, 9.17) is 9.47 Å². The van der Waals surface area contributed by atoms with Gasteiger partial charge in [-0.3, -0.25) is 14.5 Å². The molecule has 1 aromatic carbocycles. The molecule has 0 bridgehead atoms. The van der Waals surface area contributed by atoms with Crippen molar-refractivity contribution in [1.29, 1.82) is 0 Å². The number of nitrogens with one attached hydrogen (secondary N) is 2. The van der Waals surface area contributed by atoms with Crippen molar-refractivity contribution in [3.05, 3.63) is 23.8 Å². The van der Waals surface area contributed by atoms with E-state index in [0.29, 0.717) is 19.8 Å². The van der Waals surface area contributed by atoms with Gasteiger partial charge in [0.25, 0.3) is 0 Å². The fraction of sp³-hybridized carbons (Fsp3) is 0.652. The summed E-state index contributed by atoms with van der Waals surface area (Å²) in [6, 6.07) is 5.69. The van der Waals surface area contributed by atoms with E-state index in [2.05, 4.69) is 24.5 Å². The summed E-state index contributed by atoms with van der Waals surface area (Å²) in [5.41, 5.74) is 0.689. The number of amides is 2. The molecule has 0 aliphatic carbocycles. The molecule has 2 amide bonds. The third kappa shape index (κ3) is 7.52. The molecule has 1 aliphatic rings. The van der Waals surface area contributed by atoms with Crippen LogP contribution >= 0.6 is 0 Å². The molecule has 1 aliphatic heterocycles. The largest absolute Gasteiger partial charge is 0.490 e. The molecule has 0 saturated carbocycles. The van der Waals surface area contributed by atoms with Crippen molar-refractivity contribution in [3.63, 3.8) is 0 Å². The Kier molecular flexibility index (Phi) is 8.53. The lowest BCUT2D eigenvalue weighted by Gasteiger charge is -2.27. The maximum atomic E-state index is 12.8. The minimum atomic E-state index is -0.293. The van der Waals surface area contributed by atoms with Crippen LogP contribution in [-0.2, 0) is 9.59 Å². The lowest BCUT2D eigenvalue weighted by molar-refractivity contribution is -0.126. The van der Waals surface area contributed by atoms with E-state index in [9.17, 15) is 9.59 Å². The molecule has 0 radical (unpaired) electrons. The van der Waals surface area contributed by atoms with Crippen LogP contribution in [0, 0.1) is 5.92 Å². The first-order valence-electron chi connectivity index (χ1n) is 10.8. The van der Waals surface area contributed by atoms with Gasteiger partial charge in [-0.25, -0.2) is 0 Å². The standard InChI is InChI=1S/C23H37N3O4/c1-7-26(15-21(28)25-23(4,5)6)14-20(27)24-22(16(2)3)17-9-10-18-19(13-17)30-12-8-11-29-18/h9-10,13,16,22H,7-8,11-12,14-15H2,1-6H3,(H,24,27)(H,25,28)/t22-/m1/s1. The van der Waals surface area contributed by atoms with Gasteiger partial charge in [0.15, 0.2) is 11.5 Å². The average molecular weight is 420 g/mol. The Bertz CT molecular complexity index is 728. The predicted octanol–water partition coefficient (Wildman–Crippen LogP) is 2.90. The van der Waals surface area contributed by atoms with Crippen molar-refractivity contribution in [3.8, 4) is 11.5 Å². The molecular formula is C23H37N3O4. The van der Waals surface area contributed by atoms with Crippen LogP contribution in [0.4, 0.5) is 0 Å². The van der Waals surface area contributed by atoms with E-state index in [1.165, 1.54) is 0 Å². The van der Waals surface area contributed by atoms with E-state index >= 15 is 0 Å². The third-order valence-corrected chi connectivity index (χ3v) is 4.81. The Labute approximate surface area is 180 Å². The van der Waals surface area contributed by atoms with Crippen molar-refractivity contribution >= 4 is 11.8 Å². The van der Waals surface area contributed by atoms with Crippen LogP contribution in [0.2, 0.25) is 0 Å². The second kappa shape index (κ2) is 10.7. The van der Waals surface area contributed by atoms with E-state index in [-0.39, 0.29) is 42.4 Å². The van der Waals surface area contributed by atoms with Crippen molar-refractivity contribution in [2.24, 2.45) is 5.92 Å². The third-order valence-electron chi connectivity index (χ3n) is 4.81. The summed E-state index contributed by atoms with van der Waals surface area (Å²) in [5.74, 6) is 1.47. The van der Waals surface area contributed by atoms with Crippen molar-refractivity contribution in [2.75, 3.05) is 32.8 Å². The molecule has 2 N–H and O–H groups in total. The van der Waals surface area contributed by atoms with E-state index in [1.807, 2.05) is 50.8 Å². The fourth-order valence-corrected chi connectivity index (χ4v) is 3.37. The van der Waals surface area contributed by atoms with Gasteiger partial charge in [-0.1, -0.05) is 26.8 Å². The molecule has 1 atom stereocenters. The number of nitrogens with zero attached hydrogens (tertiary/aromatic N) is 1. The van der Waals surface area contributed by atoms with Crippen molar-refractivity contribution in [2.45, 2.75) is 59.5 Å². The van der Waals surface area contributed by atoms with E-state index < -0.39 is 0 Å². The highest BCUT2D eigenvalue weighted by Crippen LogP contribution is 2.34. The van der Waals surface area contributed by atoms with Gasteiger partial charge in [-0.15, -0.1) is 0 Å². The lowest BCUT2D eigenvalue weighted by Crippen LogP contribution is -2.48. The average Bonchev–Trinajstić information content (AvgIpc) is 2.88. The summed E-state index contributed by atoms with van der Waals surface area (Å²) in [4.78, 5) is 26.8. The maximum absolute atomic E-state index is 12.8. The van der Waals surface area contributed by atoms with Gasteiger partial charge < -0.3 is 20.1 Å². The number of ether oxygens (including phenoxy) is 2. The van der Waals surface area contributed by atoms with Gasteiger partial charge in [0.05, 0.1) is 32.3 Å². The van der Waals surface area contributed by atoms with Gasteiger partial charge >= 0.3 is 0 Å². The molecule has 0 saturated heterocycles. The molecule has 0 aromatic heterocycles. The fourth-order valence-electron chi connectivity index (χ4n) is 3.37. The zero-order valence-corrected chi connectivity index (χ0v) is 19.2. The topological polar surface area (TPSA) is 79.9 Å². The Morgan fingerprint density at radius 2 is 1.70 bits per heavy atom. The Balaban J connectivity index is 2.03. The Morgan fingerprint density at radius 3 is 2.30 bits per heavy atom. The second-order valence-electron chi connectivity index (χ2n) is 9.15. The summed E-state index contributed by atoms with van der Waals surface area (Å²) < 4.78 is 11.5. The molecule has 168 valence electrons. The number of fused-ring (bicyclic) bond motifs is 1. The smallest absolute Gasteiger partial charge is 0.234 e. The predicted molar refractivity (Wildman–Crippen MR) is 118 cm³/mol. The van der Waals surface area contributed by atoms with Crippen LogP contribution < -0.4 is 20.1 Å². The summed E-state index contributed by atoms with van der Waals surface area (Å²) >= 11 is 0. The second-order valence-corrected chi connectivity index (χ2v) is 9.15. The summed E-state index contributed by atoms with van der Waals surface area (Å²) in [7, 11) is 0. The lowest BCUT2D eigenvalue weighted by atomic mass is 9.95. The molecule has 2 rings (SSSR count). The highest BCUT2D eigenvalue weighted by molar-refractivity contribution is 5.81. The number of hydrogen-bond donors (Lipinski definition) is 2. The molecule has 7 heteroatoms. The molecule has 0 spiro atoms. The number of carbonyl (C=O) groups excluding carboxylic acids is 2. The quantitative estimate of drug-likeness (QED) is 0.677. The summed E-state index contributed by atoms with van der Waals surface area (Å²) in [5, 5.41) is 6.07. The minimum Gasteiger partial charge on any atom is -0.490 e. The SMILES string of the molecule is CCN(CC(=O)N[C@@H](c1ccc2c(c1)OCCCO2)C(C)C)CC(=O)NC(C)(C)C. The maximum Gasteiger partial charge on any atom is 0.234 e. The number of carbonyl (C=O) groups is 2. The van der Waals surface area contributed by atoms with Crippen LogP contribution in [-0.4, -0.2) is 55.1 Å². The number of rotatable bonds is 8. The minimum absolute atomic E-state index is 0.0829. The zero-order valence-electron chi connectivity index (χ0n) is 19.2. The number of hydrogen-bond acceptors (Lipinski definition) is 5. The van der Waals surface area contributed by atoms with Gasteiger partial charge in [-0.2, -0.15) is 0 Å². The first-order chi connectivity index (χ1) is 14.1. The highest BCUT2D eigenvalue weighted by atomic mass is 16.5. The number of benzene rings is 1. The monoisotopic (exact) mass is 419 g/mol. The van der Waals surface area contributed by atoms with E-state index in [0.717, 1.165) is 23.5 Å². The molecule has 30 heavy (non-hydrogen) atoms. The Morgan fingerprint density at radius 1 is 1.07 bits per heavy atom. The van der Waals surface area contributed by atoms with Crippen LogP contribution in [0.15, 0.2) is 18.2 Å². The molecule has 0 unspecified atom stereocenters. The molecule has 0 fully saturated rings. The first-order valence-corrected chi connectivity index (χ1v) is 10.8. The molecule has 1 heterocycles. The van der Waals surface area contributed by atoms with Gasteiger partial charge in [0.2, 0.25) is 11.8 Å². The van der Waals surface area contributed by atoms with Crippen LogP contribution in [0.3, 0.4) is 0 Å². The van der Waals surface area contributed by atoms with Crippen LogP contribution in [0.5, 0.6) is 11.5 Å². The first kappa shape index (κ1) is 24.0. The molecular weight excluding hydrogens is 382 g/mol. The van der Waals surface area contributed by atoms with Crippen LogP contribution in [0.1, 0.15) is 59.6 Å². The highest BCUT2D eigenvalue weighted by Gasteiger charge is 2.23. The van der Waals surface area contributed by atoms with Crippen LogP contribution in [0.25, 0.3) is 0 Å². The Hall–Kier alpha value is -2.28. The zero-order chi connectivity index (χ0) is 22.3. The summed E-state index contributed by atoms with van der Waals surface area (Å²) in [6.07, 6.45) is 0.851. The summed E-state index contributed by atoms with van der Waals surface area (Å²) in [6.45, 7) is 14.2. The van der Waals surface area contributed by atoms with Crippen molar-refractivity contribution in [1.82, 2.24) is 15.5 Å². The molecule has 7 nitrogen and oxygen atoms in total. The van der Waals surface area contributed by atoms with Gasteiger partial charge in [0, 0.05) is 12.0 Å². The molecule has 1 aromatic rings. The van der Waals surface area contributed by atoms with Gasteiger partial charge in [-0.05, 0) is 50.9 Å². The van der Waals surface area contributed by atoms with Gasteiger partial charge in [0.1, 0.15) is 0 Å². The van der Waals surface area contributed by atoms with E-state index in [1.54, 1.807) is 0 Å². The number of likely N-dealkylation sites (N-methyl/N-ethyl adjacent to an activating group) is 1. The normalized spacial score (nSPS) is 14.9.